The van der Waals surface area contributed by atoms with Crippen molar-refractivity contribution in [2.75, 3.05) is 6.61 Å². The van der Waals surface area contributed by atoms with Crippen molar-refractivity contribution in [3.63, 3.8) is 0 Å². The summed E-state index contributed by atoms with van der Waals surface area (Å²) in [5, 5.41) is 9.62. The number of halogens is 1. The number of carboxylic acid groups (broad SMARTS) is 1. The van der Waals surface area contributed by atoms with E-state index >= 15 is 4.39 Å². The van der Waals surface area contributed by atoms with Crippen LogP contribution in [0.2, 0.25) is 0 Å². The lowest BCUT2D eigenvalue weighted by molar-refractivity contribution is -0.136. The van der Waals surface area contributed by atoms with Gasteiger partial charge in [-0.05, 0) is 97.7 Å². The molecule has 2 aliphatic heterocycles. The first-order valence-electron chi connectivity index (χ1n) is 12.3. The quantitative estimate of drug-likeness (QED) is 0.532. The molecule has 0 aliphatic carbocycles. The van der Waals surface area contributed by atoms with Crippen molar-refractivity contribution in [3.05, 3.63) is 98.1 Å². The van der Waals surface area contributed by atoms with Crippen molar-refractivity contribution in [1.82, 2.24) is 4.90 Å². The lowest BCUT2D eigenvalue weighted by Crippen LogP contribution is -2.25. The molecule has 4 rings (SSSR count). The minimum atomic E-state index is -0.955. The van der Waals surface area contributed by atoms with E-state index in [4.69, 9.17) is 4.74 Å². The number of hydrogen-bond acceptors (Lipinski definition) is 3. The number of hydrogen-bond donors (Lipinski definition) is 1. The van der Waals surface area contributed by atoms with E-state index in [2.05, 4.69) is 0 Å². The molecule has 0 bridgehead atoms. The average molecular weight is 490 g/mol. The van der Waals surface area contributed by atoms with Gasteiger partial charge in [0.1, 0.15) is 0 Å². The molecule has 188 valence electrons. The summed E-state index contributed by atoms with van der Waals surface area (Å²) in [6.45, 7) is 8.95. The number of benzene rings is 2. The molecular formula is C30H32FNO4. The Bertz CT molecular complexity index is 1320. The van der Waals surface area contributed by atoms with Crippen molar-refractivity contribution < 1.29 is 23.8 Å². The van der Waals surface area contributed by atoms with E-state index in [1.807, 2.05) is 58.0 Å². The number of allylic oxidation sites excluding steroid dienone is 4. The van der Waals surface area contributed by atoms with Gasteiger partial charge in [-0.3, -0.25) is 9.59 Å². The fourth-order valence-electron chi connectivity index (χ4n) is 5.17. The third-order valence-corrected chi connectivity index (χ3v) is 7.12. The van der Waals surface area contributed by atoms with E-state index in [1.165, 1.54) is 6.08 Å². The van der Waals surface area contributed by atoms with Crippen LogP contribution in [0, 0.1) is 20.8 Å². The molecule has 1 N–H and O–H groups in total. The molecule has 2 aromatic carbocycles. The SMILES string of the molecule is C\C=C1/CCCO/C1=C(F)/C=C/c1c(C)c2c(c(C)c1CC(=O)O)CN(C(=O)c1cccc(C)c1)C2. The van der Waals surface area contributed by atoms with Gasteiger partial charge in [0.15, 0.2) is 11.6 Å². The van der Waals surface area contributed by atoms with Crippen molar-refractivity contribution in [2.24, 2.45) is 0 Å². The molecule has 1 fully saturated rings. The highest BCUT2D eigenvalue weighted by molar-refractivity contribution is 5.95. The Morgan fingerprint density at radius 3 is 2.53 bits per heavy atom. The number of carbonyl (C=O) groups is 2. The molecule has 1 saturated heterocycles. The maximum Gasteiger partial charge on any atom is 0.307 e. The van der Waals surface area contributed by atoms with Crippen LogP contribution in [0.3, 0.4) is 0 Å². The first-order chi connectivity index (χ1) is 17.2. The van der Waals surface area contributed by atoms with Gasteiger partial charge in [0.25, 0.3) is 5.91 Å². The van der Waals surface area contributed by atoms with Gasteiger partial charge in [-0.1, -0.05) is 29.8 Å². The summed E-state index contributed by atoms with van der Waals surface area (Å²) in [6.07, 6.45) is 6.32. The molecule has 6 heteroatoms. The van der Waals surface area contributed by atoms with Gasteiger partial charge in [0.05, 0.1) is 13.0 Å². The van der Waals surface area contributed by atoms with E-state index in [0.717, 1.165) is 46.2 Å². The number of ether oxygens (including phenoxy) is 1. The fourth-order valence-corrected chi connectivity index (χ4v) is 5.17. The predicted molar refractivity (Wildman–Crippen MR) is 138 cm³/mol. The highest BCUT2D eigenvalue weighted by Crippen LogP contribution is 2.36. The second kappa shape index (κ2) is 10.5. The van der Waals surface area contributed by atoms with Crippen molar-refractivity contribution in [2.45, 2.75) is 60.0 Å². The summed E-state index contributed by atoms with van der Waals surface area (Å²) in [5.74, 6) is -1.23. The maximum atomic E-state index is 15.2. The van der Waals surface area contributed by atoms with Crippen LogP contribution in [0.15, 0.2) is 53.6 Å². The molecule has 36 heavy (non-hydrogen) atoms. The monoisotopic (exact) mass is 489 g/mol. The number of aliphatic carboxylic acids is 1. The number of carbonyl (C=O) groups excluding carboxylic acids is 1. The number of aryl methyl sites for hydroxylation is 1. The highest BCUT2D eigenvalue weighted by Gasteiger charge is 2.30. The van der Waals surface area contributed by atoms with E-state index in [-0.39, 0.29) is 18.1 Å². The Morgan fingerprint density at radius 2 is 1.86 bits per heavy atom. The lowest BCUT2D eigenvalue weighted by Gasteiger charge is -2.20. The number of fused-ring (bicyclic) bond motifs is 1. The zero-order chi connectivity index (χ0) is 26.0. The van der Waals surface area contributed by atoms with Crippen LogP contribution in [-0.2, 0) is 29.0 Å². The van der Waals surface area contributed by atoms with Crippen LogP contribution >= 0.6 is 0 Å². The van der Waals surface area contributed by atoms with Gasteiger partial charge in [-0.15, -0.1) is 0 Å². The van der Waals surface area contributed by atoms with Crippen molar-refractivity contribution in [1.29, 1.82) is 0 Å². The minimum absolute atomic E-state index is 0.0605. The Labute approximate surface area is 211 Å². The standard InChI is InChI=1S/C30H32FNO4/c1-5-21-10-7-13-36-29(21)27(31)12-11-23-19(3)25-16-32(30(35)22-9-6-8-18(2)14-22)17-26(25)20(4)24(23)15-28(33)34/h5-6,8-9,11-12,14H,7,10,13,15-17H2,1-4H3,(H,33,34)/b12-11+,21-5+,29-27-. The molecule has 0 radical (unpaired) electrons. The van der Waals surface area contributed by atoms with Crippen LogP contribution in [0.5, 0.6) is 0 Å². The number of amides is 1. The molecule has 5 nitrogen and oxygen atoms in total. The van der Waals surface area contributed by atoms with Crippen molar-refractivity contribution in [3.8, 4) is 0 Å². The number of carboxylic acids is 1. The van der Waals surface area contributed by atoms with Crippen molar-refractivity contribution >= 4 is 18.0 Å². The molecule has 0 saturated carbocycles. The first kappa shape index (κ1) is 25.4. The van der Waals surface area contributed by atoms with Gasteiger partial charge in [0.2, 0.25) is 0 Å². The Kier molecular flexibility index (Phi) is 7.43. The smallest absolute Gasteiger partial charge is 0.307 e. The third-order valence-electron chi connectivity index (χ3n) is 7.12. The zero-order valence-electron chi connectivity index (χ0n) is 21.3. The molecule has 2 heterocycles. The van der Waals surface area contributed by atoms with Crippen LogP contribution in [-0.4, -0.2) is 28.5 Å². The van der Waals surface area contributed by atoms with E-state index in [1.54, 1.807) is 11.0 Å². The molecule has 1 amide bonds. The van der Waals surface area contributed by atoms with Crippen LogP contribution < -0.4 is 0 Å². The second-order valence-electron chi connectivity index (χ2n) is 9.48. The highest BCUT2D eigenvalue weighted by atomic mass is 19.1. The summed E-state index contributed by atoms with van der Waals surface area (Å²) < 4.78 is 20.7. The Balaban J connectivity index is 1.74. The van der Waals surface area contributed by atoms with Crippen LogP contribution in [0.25, 0.3) is 6.08 Å². The number of nitrogens with zero attached hydrogens (tertiary/aromatic N) is 1. The Morgan fingerprint density at radius 1 is 1.14 bits per heavy atom. The summed E-state index contributed by atoms with van der Waals surface area (Å²) in [4.78, 5) is 26.8. The van der Waals surface area contributed by atoms with Gasteiger partial charge in [-0.25, -0.2) is 4.39 Å². The van der Waals surface area contributed by atoms with Gasteiger partial charge in [0, 0.05) is 18.7 Å². The van der Waals surface area contributed by atoms with Gasteiger partial charge >= 0.3 is 5.97 Å². The largest absolute Gasteiger partial charge is 0.490 e. The zero-order valence-corrected chi connectivity index (χ0v) is 21.3. The lowest BCUT2D eigenvalue weighted by atomic mass is 9.87. The summed E-state index contributed by atoms with van der Waals surface area (Å²) >= 11 is 0. The minimum Gasteiger partial charge on any atom is -0.490 e. The summed E-state index contributed by atoms with van der Waals surface area (Å²) in [6, 6.07) is 7.50. The molecule has 2 aromatic rings. The third kappa shape index (κ3) is 4.99. The van der Waals surface area contributed by atoms with Gasteiger partial charge in [-0.2, -0.15) is 0 Å². The molecule has 0 spiro atoms. The summed E-state index contributed by atoms with van der Waals surface area (Å²) in [5.41, 5.74) is 7.50. The average Bonchev–Trinajstić information content (AvgIpc) is 3.32. The summed E-state index contributed by atoms with van der Waals surface area (Å²) in [7, 11) is 0. The second-order valence-corrected chi connectivity index (χ2v) is 9.48. The predicted octanol–water partition coefficient (Wildman–Crippen LogP) is 6.35. The molecule has 2 aliphatic rings. The molecule has 0 atom stereocenters. The van der Waals surface area contributed by atoms with E-state index in [9.17, 15) is 14.7 Å². The molecular weight excluding hydrogens is 457 g/mol. The van der Waals surface area contributed by atoms with E-state index in [0.29, 0.717) is 36.4 Å². The fraction of sp³-hybridized carbons (Fsp3) is 0.333. The van der Waals surface area contributed by atoms with Crippen LogP contribution in [0.1, 0.15) is 69.1 Å². The molecule has 0 aromatic heterocycles. The molecule has 0 unspecified atom stereocenters. The Hall–Kier alpha value is -3.67. The number of rotatable bonds is 5. The maximum absolute atomic E-state index is 15.2. The van der Waals surface area contributed by atoms with E-state index < -0.39 is 11.8 Å². The topological polar surface area (TPSA) is 66.8 Å². The van der Waals surface area contributed by atoms with Crippen LogP contribution in [0.4, 0.5) is 4.39 Å². The normalized spacial score (nSPS) is 17.9. The van der Waals surface area contributed by atoms with Gasteiger partial charge < -0.3 is 14.7 Å². The first-order valence-corrected chi connectivity index (χ1v) is 12.3.